The lowest BCUT2D eigenvalue weighted by Gasteiger charge is -2.20. The van der Waals surface area contributed by atoms with Crippen molar-refractivity contribution in [3.8, 4) is 34.5 Å². The van der Waals surface area contributed by atoms with Crippen molar-refractivity contribution in [3.63, 3.8) is 0 Å². The molecule has 1 unspecified atom stereocenters. The maximum Gasteiger partial charge on any atom is 0.161 e. The van der Waals surface area contributed by atoms with Crippen LogP contribution in [0.1, 0.15) is 28.4 Å². The van der Waals surface area contributed by atoms with E-state index in [4.69, 9.17) is 28.4 Å². The van der Waals surface area contributed by atoms with Crippen molar-refractivity contribution in [1.82, 2.24) is 0 Å². The second kappa shape index (κ2) is 11.3. The molecule has 0 aliphatic rings. The molecule has 0 fully saturated rings. The molecule has 1 atom stereocenters. The molecule has 1 N–H and O–H groups in total. The third kappa shape index (κ3) is 5.38. The predicted molar refractivity (Wildman–Crippen MR) is 132 cm³/mol. The zero-order valence-electron chi connectivity index (χ0n) is 20.2. The highest BCUT2D eigenvalue weighted by Crippen LogP contribution is 2.39. The van der Waals surface area contributed by atoms with E-state index in [1.54, 1.807) is 73.0 Å². The molecule has 0 heterocycles. The molecule has 0 aromatic heterocycles. The van der Waals surface area contributed by atoms with Gasteiger partial charge >= 0.3 is 0 Å². The zero-order chi connectivity index (χ0) is 24.7. The number of benzene rings is 3. The van der Waals surface area contributed by atoms with Gasteiger partial charge in [-0.25, -0.2) is 0 Å². The molecule has 0 aliphatic carbocycles. The maximum atomic E-state index is 11.4. The first-order valence-corrected chi connectivity index (χ1v) is 10.5. The zero-order valence-corrected chi connectivity index (χ0v) is 20.2. The number of methoxy groups -OCH3 is 6. The fraction of sp³-hybridized carbons (Fsp3) is 0.259. The average Bonchev–Trinajstić information content (AvgIpc) is 2.89. The molecule has 0 radical (unpaired) electrons. The van der Waals surface area contributed by atoms with E-state index in [0.717, 1.165) is 11.1 Å². The van der Waals surface area contributed by atoms with E-state index in [9.17, 15) is 5.11 Å². The Balaban J connectivity index is 2.12. The van der Waals surface area contributed by atoms with E-state index in [0.29, 0.717) is 45.6 Å². The first-order chi connectivity index (χ1) is 16.5. The van der Waals surface area contributed by atoms with Crippen molar-refractivity contribution in [3.05, 3.63) is 70.8 Å². The van der Waals surface area contributed by atoms with Gasteiger partial charge in [0.2, 0.25) is 0 Å². The summed E-state index contributed by atoms with van der Waals surface area (Å²) in [5.41, 5.74) is 2.80. The van der Waals surface area contributed by atoms with Crippen LogP contribution in [0.15, 0.2) is 48.5 Å². The van der Waals surface area contributed by atoms with Gasteiger partial charge in [-0.05, 0) is 47.0 Å². The van der Waals surface area contributed by atoms with Crippen LogP contribution in [0, 0.1) is 0 Å². The minimum atomic E-state index is -1.000. The summed E-state index contributed by atoms with van der Waals surface area (Å²) in [7, 11) is 9.47. The number of hydrogen-bond acceptors (Lipinski definition) is 7. The molecule has 7 nitrogen and oxygen atoms in total. The molecule has 0 saturated heterocycles. The van der Waals surface area contributed by atoms with Gasteiger partial charge in [-0.2, -0.15) is 0 Å². The summed E-state index contributed by atoms with van der Waals surface area (Å²) < 4.78 is 32.6. The molecular formula is C27H30O7. The molecule has 180 valence electrons. The first kappa shape index (κ1) is 24.8. The second-order valence-corrected chi connectivity index (χ2v) is 7.33. The quantitative estimate of drug-likeness (QED) is 0.422. The lowest BCUT2D eigenvalue weighted by Crippen LogP contribution is -2.06. The van der Waals surface area contributed by atoms with Crippen LogP contribution in [-0.2, 0) is 0 Å². The van der Waals surface area contributed by atoms with Gasteiger partial charge in [0, 0.05) is 17.7 Å². The van der Waals surface area contributed by atoms with E-state index in [-0.39, 0.29) is 0 Å². The smallest absolute Gasteiger partial charge is 0.161 e. The molecule has 3 aromatic rings. The monoisotopic (exact) mass is 466 g/mol. The lowest BCUT2D eigenvalue weighted by atomic mass is 9.94. The molecular weight excluding hydrogens is 436 g/mol. The topological polar surface area (TPSA) is 75.6 Å². The van der Waals surface area contributed by atoms with Crippen LogP contribution in [0.2, 0.25) is 0 Å². The third-order valence-electron chi connectivity index (χ3n) is 5.43. The summed E-state index contributed by atoms with van der Waals surface area (Å²) >= 11 is 0. The second-order valence-electron chi connectivity index (χ2n) is 7.33. The summed E-state index contributed by atoms with van der Waals surface area (Å²) in [6.07, 6.45) is 2.79. The van der Waals surface area contributed by atoms with Gasteiger partial charge < -0.3 is 33.5 Å². The van der Waals surface area contributed by atoms with Crippen molar-refractivity contribution in [2.24, 2.45) is 0 Å². The average molecular weight is 467 g/mol. The molecule has 0 aliphatic heterocycles. The van der Waals surface area contributed by atoms with Crippen LogP contribution in [0.4, 0.5) is 0 Å². The Hall–Kier alpha value is -3.84. The van der Waals surface area contributed by atoms with E-state index in [1.807, 2.05) is 30.4 Å². The van der Waals surface area contributed by atoms with Crippen LogP contribution in [-0.4, -0.2) is 47.8 Å². The number of aliphatic hydroxyl groups is 1. The van der Waals surface area contributed by atoms with Crippen molar-refractivity contribution in [2.75, 3.05) is 42.7 Å². The largest absolute Gasteiger partial charge is 0.497 e. The summed E-state index contributed by atoms with van der Waals surface area (Å²) in [5, 5.41) is 11.4. The summed E-state index contributed by atoms with van der Waals surface area (Å²) in [6.45, 7) is 0. The number of hydrogen-bond donors (Lipinski definition) is 1. The summed E-state index contributed by atoms with van der Waals surface area (Å²) in [5.74, 6) is 3.53. The fourth-order valence-corrected chi connectivity index (χ4v) is 3.64. The summed E-state index contributed by atoms with van der Waals surface area (Å²) in [4.78, 5) is 0. The van der Waals surface area contributed by atoms with Gasteiger partial charge in [0.25, 0.3) is 0 Å². The van der Waals surface area contributed by atoms with Crippen molar-refractivity contribution in [2.45, 2.75) is 6.10 Å². The Kier molecular flexibility index (Phi) is 8.27. The fourth-order valence-electron chi connectivity index (χ4n) is 3.64. The molecule has 34 heavy (non-hydrogen) atoms. The first-order valence-electron chi connectivity index (χ1n) is 10.5. The third-order valence-corrected chi connectivity index (χ3v) is 5.43. The molecule has 0 spiro atoms. The molecule has 0 saturated carbocycles. The highest BCUT2D eigenvalue weighted by atomic mass is 16.5. The Labute approximate surface area is 200 Å². The van der Waals surface area contributed by atoms with E-state index in [1.165, 1.54) is 0 Å². The van der Waals surface area contributed by atoms with Gasteiger partial charge in [-0.15, -0.1) is 0 Å². The SMILES string of the molecule is COc1cc(/C=C\c2cc(OC)cc(OC)c2C(O)c2ccc(OC)c(OC)c2)cc(OC)c1. The number of rotatable bonds is 10. The van der Waals surface area contributed by atoms with Crippen LogP contribution < -0.4 is 28.4 Å². The maximum absolute atomic E-state index is 11.4. The van der Waals surface area contributed by atoms with Gasteiger partial charge in [-0.3, -0.25) is 0 Å². The lowest BCUT2D eigenvalue weighted by molar-refractivity contribution is 0.213. The van der Waals surface area contributed by atoms with E-state index < -0.39 is 6.10 Å². The minimum absolute atomic E-state index is 0.490. The molecule has 7 heteroatoms. The minimum Gasteiger partial charge on any atom is -0.497 e. The van der Waals surface area contributed by atoms with Crippen LogP contribution in [0.5, 0.6) is 34.5 Å². The van der Waals surface area contributed by atoms with Gasteiger partial charge in [0.15, 0.2) is 11.5 Å². The van der Waals surface area contributed by atoms with Crippen LogP contribution in [0.25, 0.3) is 12.2 Å². The van der Waals surface area contributed by atoms with Crippen molar-refractivity contribution in [1.29, 1.82) is 0 Å². The summed E-state index contributed by atoms with van der Waals surface area (Å²) in [6, 6.07) is 14.5. The molecule has 0 amide bonds. The Morgan fingerprint density at radius 3 is 1.74 bits per heavy atom. The highest BCUT2D eigenvalue weighted by molar-refractivity contribution is 5.75. The van der Waals surface area contributed by atoms with E-state index in [2.05, 4.69) is 0 Å². The Bertz CT molecular complexity index is 1130. The highest BCUT2D eigenvalue weighted by Gasteiger charge is 2.22. The van der Waals surface area contributed by atoms with Gasteiger partial charge in [0.05, 0.1) is 42.7 Å². The predicted octanol–water partition coefficient (Wildman–Crippen LogP) is 4.99. The normalized spacial score (nSPS) is 11.7. The molecule has 3 aromatic carbocycles. The van der Waals surface area contributed by atoms with Gasteiger partial charge in [0.1, 0.15) is 29.1 Å². The van der Waals surface area contributed by atoms with E-state index >= 15 is 0 Å². The Morgan fingerprint density at radius 2 is 1.18 bits per heavy atom. The number of aliphatic hydroxyl groups excluding tert-OH is 1. The molecule has 0 bridgehead atoms. The van der Waals surface area contributed by atoms with Crippen molar-refractivity contribution < 1.29 is 33.5 Å². The van der Waals surface area contributed by atoms with Crippen LogP contribution in [0.3, 0.4) is 0 Å². The van der Waals surface area contributed by atoms with Crippen LogP contribution >= 0.6 is 0 Å². The number of ether oxygens (including phenoxy) is 6. The molecule has 3 rings (SSSR count). The van der Waals surface area contributed by atoms with Gasteiger partial charge in [-0.1, -0.05) is 18.2 Å². The Morgan fingerprint density at radius 1 is 0.588 bits per heavy atom. The standard InChI is InChI=1S/C27H30O7/c1-29-20-11-17(12-21(15-20)30-2)7-8-18-13-22(31-3)16-25(34-6)26(18)27(28)19-9-10-23(32-4)24(14-19)33-5/h7-16,27-28H,1-6H3/b8-7-. The van der Waals surface area contributed by atoms with Crippen molar-refractivity contribution >= 4 is 12.2 Å².